The van der Waals surface area contributed by atoms with Gasteiger partial charge in [0.05, 0.1) is 0 Å². The molecule has 0 aromatic heterocycles. The van der Waals surface area contributed by atoms with Gasteiger partial charge >= 0.3 is 0 Å². The van der Waals surface area contributed by atoms with Crippen molar-refractivity contribution in [2.75, 3.05) is 6.61 Å². The van der Waals surface area contributed by atoms with Gasteiger partial charge in [0.2, 0.25) is 0 Å². The van der Waals surface area contributed by atoms with Gasteiger partial charge < -0.3 is 14.6 Å². The van der Waals surface area contributed by atoms with E-state index in [1.807, 2.05) is 6.92 Å². The minimum absolute atomic E-state index is 0.263. The molecule has 0 rings (SSSR count). The third-order valence-electron chi connectivity index (χ3n) is 1.22. The Kier molecular flexibility index (Phi) is 14.9. The van der Waals surface area contributed by atoms with Crippen molar-refractivity contribution in [1.29, 1.82) is 0 Å². The largest absolute Gasteiger partial charge is 0.550 e. The first-order valence-corrected chi connectivity index (χ1v) is 4.52. The maximum atomic E-state index is 9.54. The quantitative estimate of drug-likeness (QED) is 0.484. The Morgan fingerprint density at radius 1 is 1.17 bits per heavy atom. The van der Waals surface area contributed by atoms with Crippen molar-refractivity contribution < 1.29 is 14.6 Å². The van der Waals surface area contributed by atoms with Crippen molar-refractivity contribution in [1.82, 2.24) is 0 Å². The Bertz CT molecular complexity index is 89.8. The monoisotopic (exact) mass is 175 g/mol. The van der Waals surface area contributed by atoms with Gasteiger partial charge in [0.15, 0.2) is 0 Å². The molecular weight excluding hydrogens is 156 g/mol. The molecule has 0 saturated carbocycles. The number of rotatable bonds is 4. The molecule has 0 N–H and O–H groups in total. The summed E-state index contributed by atoms with van der Waals surface area (Å²) in [5.74, 6) is 0. The Morgan fingerprint density at radius 2 is 1.67 bits per heavy atom. The highest BCUT2D eigenvalue weighted by atomic mass is 16.7. The molecule has 0 amide bonds. The first kappa shape index (κ1) is 13.8. The standard InChI is InChI=1S/C5H10O3.C4H10/c1-2-3-4-8-5(6)7;1-3-4-2/h2-4H2,1H3,(H,6,7);3-4H2,1-2H3/p-1. The number of hydrogen-bond acceptors (Lipinski definition) is 3. The van der Waals surface area contributed by atoms with Crippen LogP contribution < -0.4 is 5.11 Å². The number of carbonyl (C=O) groups excluding carboxylic acids is 1. The van der Waals surface area contributed by atoms with Crippen LogP contribution in [0.15, 0.2) is 0 Å². The SMILES string of the molecule is CCCC.CCCCOC(=O)[O-]. The fourth-order valence-electron chi connectivity index (χ4n) is 0.300. The minimum Gasteiger partial charge on any atom is -0.550 e. The third-order valence-corrected chi connectivity index (χ3v) is 1.22. The molecular formula is C9H19O3-. The Morgan fingerprint density at radius 3 is 1.92 bits per heavy atom. The second kappa shape index (κ2) is 12.9. The average molecular weight is 175 g/mol. The topological polar surface area (TPSA) is 49.4 Å². The van der Waals surface area contributed by atoms with Gasteiger partial charge in [0, 0.05) is 6.61 Å². The van der Waals surface area contributed by atoms with Gasteiger partial charge in [-0.2, -0.15) is 0 Å². The van der Waals surface area contributed by atoms with Crippen LogP contribution in [0.1, 0.15) is 46.5 Å². The van der Waals surface area contributed by atoms with Crippen LogP contribution in [0, 0.1) is 0 Å². The van der Waals surface area contributed by atoms with Gasteiger partial charge in [-0.05, 0) is 6.42 Å². The summed E-state index contributed by atoms with van der Waals surface area (Å²) in [6.07, 6.45) is 2.92. The molecule has 12 heavy (non-hydrogen) atoms. The molecule has 3 heteroatoms. The lowest BCUT2D eigenvalue weighted by Crippen LogP contribution is -2.23. The lowest BCUT2D eigenvalue weighted by Gasteiger charge is -2.04. The first-order valence-electron chi connectivity index (χ1n) is 4.52. The lowest BCUT2D eigenvalue weighted by atomic mass is 10.4. The lowest BCUT2D eigenvalue weighted by molar-refractivity contribution is -0.282. The Balaban J connectivity index is 0. The van der Waals surface area contributed by atoms with Crippen LogP contribution in [0.4, 0.5) is 4.79 Å². The van der Waals surface area contributed by atoms with Gasteiger partial charge in [0.1, 0.15) is 0 Å². The van der Waals surface area contributed by atoms with Gasteiger partial charge in [-0.3, -0.25) is 0 Å². The third kappa shape index (κ3) is 22.8. The van der Waals surface area contributed by atoms with E-state index in [-0.39, 0.29) is 6.61 Å². The van der Waals surface area contributed by atoms with Crippen molar-refractivity contribution in [3.63, 3.8) is 0 Å². The molecule has 0 radical (unpaired) electrons. The zero-order valence-electron chi connectivity index (χ0n) is 8.26. The number of unbranched alkanes of at least 4 members (excludes halogenated alkanes) is 2. The summed E-state index contributed by atoms with van der Waals surface area (Å²) in [5.41, 5.74) is 0. The van der Waals surface area contributed by atoms with Crippen LogP contribution in [-0.4, -0.2) is 12.8 Å². The van der Waals surface area contributed by atoms with Gasteiger partial charge in [-0.1, -0.05) is 40.0 Å². The fraction of sp³-hybridized carbons (Fsp3) is 0.889. The molecule has 0 saturated heterocycles. The van der Waals surface area contributed by atoms with E-state index < -0.39 is 6.16 Å². The summed E-state index contributed by atoms with van der Waals surface area (Å²) >= 11 is 0. The predicted octanol–water partition coefficient (Wildman–Crippen LogP) is 1.95. The molecule has 0 bridgehead atoms. The molecule has 0 atom stereocenters. The van der Waals surface area contributed by atoms with E-state index in [1.165, 1.54) is 12.8 Å². The van der Waals surface area contributed by atoms with Crippen molar-refractivity contribution in [2.24, 2.45) is 0 Å². The number of carbonyl (C=O) groups is 1. The first-order chi connectivity index (χ1) is 5.68. The van der Waals surface area contributed by atoms with Gasteiger partial charge in [-0.25, -0.2) is 0 Å². The van der Waals surface area contributed by atoms with Gasteiger partial charge in [-0.15, -0.1) is 0 Å². The molecule has 74 valence electrons. The van der Waals surface area contributed by atoms with Crippen LogP contribution in [0.5, 0.6) is 0 Å². The van der Waals surface area contributed by atoms with Crippen molar-refractivity contribution in [3.05, 3.63) is 0 Å². The summed E-state index contributed by atoms with van der Waals surface area (Å²) in [5, 5.41) is 9.54. The molecule has 0 aliphatic rings. The van der Waals surface area contributed by atoms with E-state index in [2.05, 4.69) is 18.6 Å². The van der Waals surface area contributed by atoms with Crippen LogP contribution in [0.25, 0.3) is 0 Å². The maximum absolute atomic E-state index is 9.54. The average Bonchev–Trinajstić information content (AvgIpc) is 2.05. The Hall–Kier alpha value is -0.730. The minimum atomic E-state index is -1.43. The molecule has 0 aliphatic heterocycles. The number of carboxylic acid groups (broad SMARTS) is 1. The van der Waals surface area contributed by atoms with Gasteiger partial charge in [0.25, 0.3) is 6.16 Å². The zero-order chi connectivity index (χ0) is 9.82. The second-order valence-corrected chi connectivity index (χ2v) is 2.45. The Labute approximate surface area is 74.7 Å². The normalized spacial score (nSPS) is 8.25. The summed E-state index contributed by atoms with van der Waals surface area (Å²) in [7, 11) is 0. The van der Waals surface area contributed by atoms with Crippen LogP contribution in [-0.2, 0) is 4.74 Å². The number of ether oxygens (including phenoxy) is 1. The molecule has 0 fully saturated rings. The molecule has 0 heterocycles. The number of hydrogen-bond donors (Lipinski definition) is 0. The van der Waals surface area contributed by atoms with Crippen LogP contribution in [0.3, 0.4) is 0 Å². The zero-order valence-corrected chi connectivity index (χ0v) is 8.26. The van der Waals surface area contributed by atoms with Crippen molar-refractivity contribution in [2.45, 2.75) is 46.5 Å². The second-order valence-electron chi connectivity index (χ2n) is 2.45. The van der Waals surface area contributed by atoms with E-state index in [9.17, 15) is 9.90 Å². The smallest absolute Gasteiger partial charge is 0.251 e. The molecule has 3 nitrogen and oxygen atoms in total. The van der Waals surface area contributed by atoms with Crippen LogP contribution in [0.2, 0.25) is 0 Å². The molecule has 0 aliphatic carbocycles. The van der Waals surface area contributed by atoms with Crippen molar-refractivity contribution in [3.8, 4) is 0 Å². The highest BCUT2D eigenvalue weighted by molar-refractivity contribution is 5.53. The molecule has 0 aromatic rings. The maximum Gasteiger partial charge on any atom is 0.251 e. The molecule has 0 aromatic carbocycles. The highest BCUT2D eigenvalue weighted by Gasteiger charge is 1.80. The van der Waals surface area contributed by atoms with E-state index in [1.54, 1.807) is 0 Å². The fourth-order valence-corrected chi connectivity index (χ4v) is 0.300. The summed E-state index contributed by atoms with van der Waals surface area (Å²) in [6.45, 7) is 6.58. The van der Waals surface area contributed by atoms with Crippen LogP contribution >= 0.6 is 0 Å². The van der Waals surface area contributed by atoms with Crippen molar-refractivity contribution >= 4 is 6.16 Å². The summed E-state index contributed by atoms with van der Waals surface area (Å²) in [4.78, 5) is 9.54. The summed E-state index contributed by atoms with van der Waals surface area (Å²) < 4.78 is 4.09. The van der Waals surface area contributed by atoms with E-state index in [4.69, 9.17) is 0 Å². The highest BCUT2D eigenvalue weighted by Crippen LogP contribution is 1.85. The summed E-state index contributed by atoms with van der Waals surface area (Å²) in [6, 6.07) is 0. The van der Waals surface area contributed by atoms with E-state index >= 15 is 0 Å². The molecule has 0 unspecified atom stereocenters. The van der Waals surface area contributed by atoms with E-state index in [0.717, 1.165) is 12.8 Å². The predicted molar refractivity (Wildman–Crippen MR) is 46.8 cm³/mol. The van der Waals surface area contributed by atoms with E-state index in [0.29, 0.717) is 0 Å². The molecule has 0 spiro atoms.